The zero-order valence-corrected chi connectivity index (χ0v) is 8.73. The standard InChI is InChI=1S/C12H11N3/c1-8-7-9(2)14-15-11-6-4-3-5-10(11)13-12(8)15/h3-7H,1-2H3. The summed E-state index contributed by atoms with van der Waals surface area (Å²) in [4.78, 5) is 4.56. The Morgan fingerprint density at radius 3 is 2.80 bits per heavy atom. The molecule has 1 aromatic carbocycles. The summed E-state index contributed by atoms with van der Waals surface area (Å²) >= 11 is 0. The van der Waals surface area contributed by atoms with Crippen molar-refractivity contribution < 1.29 is 0 Å². The topological polar surface area (TPSA) is 30.2 Å². The third kappa shape index (κ3) is 1.13. The zero-order chi connectivity index (χ0) is 10.4. The molecule has 0 amide bonds. The van der Waals surface area contributed by atoms with E-state index in [-0.39, 0.29) is 0 Å². The van der Waals surface area contributed by atoms with E-state index in [1.54, 1.807) is 0 Å². The van der Waals surface area contributed by atoms with Crippen LogP contribution in [0, 0.1) is 13.8 Å². The maximum absolute atomic E-state index is 4.56. The summed E-state index contributed by atoms with van der Waals surface area (Å²) in [5.74, 6) is 0. The first kappa shape index (κ1) is 8.41. The highest BCUT2D eigenvalue weighted by Crippen LogP contribution is 2.17. The highest BCUT2D eigenvalue weighted by Gasteiger charge is 2.06. The summed E-state index contributed by atoms with van der Waals surface area (Å²) in [5, 5.41) is 4.48. The lowest BCUT2D eigenvalue weighted by Gasteiger charge is -1.99. The molecule has 0 saturated heterocycles. The van der Waals surface area contributed by atoms with Gasteiger partial charge in [0.1, 0.15) is 0 Å². The minimum absolute atomic E-state index is 0.946. The van der Waals surface area contributed by atoms with Gasteiger partial charge in [0.15, 0.2) is 5.65 Å². The van der Waals surface area contributed by atoms with Crippen molar-refractivity contribution in [3.05, 3.63) is 41.6 Å². The predicted molar refractivity (Wildman–Crippen MR) is 60.0 cm³/mol. The molecular formula is C12H11N3. The number of benzene rings is 1. The van der Waals surface area contributed by atoms with Crippen molar-refractivity contribution in [1.29, 1.82) is 0 Å². The van der Waals surface area contributed by atoms with Crippen LogP contribution in [0.15, 0.2) is 30.3 Å². The van der Waals surface area contributed by atoms with E-state index in [4.69, 9.17) is 0 Å². The lowest BCUT2D eigenvalue weighted by Crippen LogP contribution is -1.96. The molecule has 0 atom stereocenters. The van der Waals surface area contributed by atoms with Crippen LogP contribution in [0.5, 0.6) is 0 Å². The number of imidazole rings is 1. The van der Waals surface area contributed by atoms with E-state index in [1.807, 2.05) is 35.7 Å². The van der Waals surface area contributed by atoms with Crippen molar-refractivity contribution in [2.75, 3.05) is 0 Å². The largest absolute Gasteiger partial charge is 0.227 e. The van der Waals surface area contributed by atoms with Crippen molar-refractivity contribution in [2.24, 2.45) is 0 Å². The summed E-state index contributed by atoms with van der Waals surface area (Å²) in [7, 11) is 0. The summed E-state index contributed by atoms with van der Waals surface area (Å²) in [6.07, 6.45) is 0. The molecular weight excluding hydrogens is 186 g/mol. The van der Waals surface area contributed by atoms with Crippen molar-refractivity contribution in [3.63, 3.8) is 0 Å². The van der Waals surface area contributed by atoms with Crippen LogP contribution in [-0.2, 0) is 0 Å². The number of rotatable bonds is 0. The van der Waals surface area contributed by atoms with Crippen molar-refractivity contribution in [2.45, 2.75) is 13.8 Å². The first-order valence-corrected chi connectivity index (χ1v) is 4.97. The van der Waals surface area contributed by atoms with E-state index in [9.17, 15) is 0 Å². The maximum atomic E-state index is 4.56. The Labute approximate surface area is 87.4 Å². The molecule has 0 aliphatic heterocycles. The molecule has 3 nitrogen and oxygen atoms in total. The summed E-state index contributed by atoms with van der Waals surface area (Å²) in [6, 6.07) is 10.1. The van der Waals surface area contributed by atoms with Gasteiger partial charge in [0, 0.05) is 0 Å². The molecule has 0 saturated carbocycles. The normalized spacial score (nSPS) is 11.3. The molecule has 0 aliphatic rings. The minimum atomic E-state index is 0.946. The SMILES string of the molecule is Cc1cc(C)c2nc3ccccc3n2n1. The van der Waals surface area contributed by atoms with E-state index in [2.05, 4.69) is 23.1 Å². The van der Waals surface area contributed by atoms with Crippen LogP contribution in [0.1, 0.15) is 11.3 Å². The summed E-state index contributed by atoms with van der Waals surface area (Å²) < 4.78 is 1.92. The molecule has 2 aromatic heterocycles. The van der Waals surface area contributed by atoms with Gasteiger partial charge >= 0.3 is 0 Å². The Morgan fingerprint density at radius 2 is 1.93 bits per heavy atom. The molecule has 2 heterocycles. The van der Waals surface area contributed by atoms with Gasteiger partial charge in [0.05, 0.1) is 16.7 Å². The molecule has 0 N–H and O–H groups in total. The van der Waals surface area contributed by atoms with Gasteiger partial charge in [-0.05, 0) is 37.6 Å². The van der Waals surface area contributed by atoms with Crippen LogP contribution in [0.4, 0.5) is 0 Å². The van der Waals surface area contributed by atoms with Crippen molar-refractivity contribution in [3.8, 4) is 0 Å². The highest BCUT2D eigenvalue weighted by atomic mass is 15.3. The molecule has 0 bridgehead atoms. The number of nitrogens with zero attached hydrogens (tertiary/aromatic N) is 3. The second kappa shape index (κ2) is 2.79. The summed E-state index contributed by atoms with van der Waals surface area (Å²) in [5.41, 5.74) is 5.20. The lowest BCUT2D eigenvalue weighted by atomic mass is 10.3. The molecule has 0 aliphatic carbocycles. The number of aromatic nitrogens is 3. The first-order chi connectivity index (χ1) is 7.25. The third-order valence-electron chi connectivity index (χ3n) is 2.57. The van der Waals surface area contributed by atoms with Crippen LogP contribution in [0.2, 0.25) is 0 Å². The van der Waals surface area contributed by atoms with Crippen LogP contribution in [0.25, 0.3) is 16.7 Å². The Kier molecular flexibility index (Phi) is 1.57. The first-order valence-electron chi connectivity index (χ1n) is 4.97. The molecule has 3 aromatic rings. The molecule has 0 fully saturated rings. The van der Waals surface area contributed by atoms with E-state index < -0.39 is 0 Å². The third-order valence-corrected chi connectivity index (χ3v) is 2.57. The lowest BCUT2D eigenvalue weighted by molar-refractivity contribution is 0.918. The van der Waals surface area contributed by atoms with Gasteiger partial charge in [-0.1, -0.05) is 12.1 Å². The number of aryl methyl sites for hydroxylation is 2. The Morgan fingerprint density at radius 1 is 1.13 bits per heavy atom. The minimum Gasteiger partial charge on any atom is -0.227 e. The predicted octanol–water partition coefficient (Wildman–Crippen LogP) is 2.50. The fourth-order valence-corrected chi connectivity index (χ4v) is 1.93. The van der Waals surface area contributed by atoms with E-state index in [0.717, 1.165) is 22.4 Å². The number of hydrogen-bond donors (Lipinski definition) is 0. The highest BCUT2D eigenvalue weighted by molar-refractivity contribution is 5.80. The van der Waals surface area contributed by atoms with Gasteiger partial charge in [0.25, 0.3) is 0 Å². The quantitative estimate of drug-likeness (QED) is 0.554. The second-order valence-corrected chi connectivity index (χ2v) is 3.80. The van der Waals surface area contributed by atoms with Crippen molar-refractivity contribution >= 4 is 16.7 Å². The van der Waals surface area contributed by atoms with Gasteiger partial charge in [-0.25, -0.2) is 9.50 Å². The number of hydrogen-bond acceptors (Lipinski definition) is 2. The molecule has 15 heavy (non-hydrogen) atoms. The van der Waals surface area contributed by atoms with E-state index in [0.29, 0.717) is 0 Å². The Balaban J connectivity index is 2.61. The van der Waals surface area contributed by atoms with E-state index in [1.165, 1.54) is 5.56 Å². The zero-order valence-electron chi connectivity index (χ0n) is 8.73. The molecule has 3 rings (SSSR count). The van der Waals surface area contributed by atoms with Gasteiger partial charge in [-0.2, -0.15) is 5.10 Å². The molecule has 0 unspecified atom stereocenters. The molecule has 3 heteroatoms. The number of fused-ring (bicyclic) bond motifs is 3. The fraction of sp³-hybridized carbons (Fsp3) is 0.167. The maximum Gasteiger partial charge on any atom is 0.157 e. The Hall–Kier alpha value is -1.90. The Bertz CT molecular complexity index is 652. The van der Waals surface area contributed by atoms with Crippen molar-refractivity contribution in [1.82, 2.24) is 14.6 Å². The fourth-order valence-electron chi connectivity index (χ4n) is 1.93. The van der Waals surface area contributed by atoms with Crippen LogP contribution in [-0.4, -0.2) is 14.6 Å². The van der Waals surface area contributed by atoms with E-state index >= 15 is 0 Å². The smallest absolute Gasteiger partial charge is 0.157 e. The van der Waals surface area contributed by atoms with Gasteiger partial charge in [-0.3, -0.25) is 0 Å². The molecule has 0 radical (unpaired) electrons. The second-order valence-electron chi connectivity index (χ2n) is 3.80. The number of para-hydroxylation sites is 2. The summed E-state index contributed by atoms with van der Waals surface area (Å²) in [6.45, 7) is 4.07. The van der Waals surface area contributed by atoms with Crippen LogP contribution in [0.3, 0.4) is 0 Å². The average Bonchev–Trinajstić information content (AvgIpc) is 2.57. The van der Waals surface area contributed by atoms with Gasteiger partial charge in [-0.15, -0.1) is 0 Å². The monoisotopic (exact) mass is 197 g/mol. The van der Waals surface area contributed by atoms with Gasteiger partial charge < -0.3 is 0 Å². The molecule has 0 spiro atoms. The van der Waals surface area contributed by atoms with Crippen LogP contribution >= 0.6 is 0 Å². The average molecular weight is 197 g/mol. The van der Waals surface area contributed by atoms with Crippen LogP contribution < -0.4 is 0 Å². The molecule has 74 valence electrons. The van der Waals surface area contributed by atoms with Gasteiger partial charge in [0.2, 0.25) is 0 Å².